The third-order valence-electron chi connectivity index (χ3n) is 2.25. The molecule has 2 rings (SSSR count). The molecule has 84 valence electrons. The van der Waals surface area contributed by atoms with E-state index in [4.69, 9.17) is 11.6 Å². The fraction of sp³-hybridized carbons (Fsp3) is 0.167. The summed E-state index contributed by atoms with van der Waals surface area (Å²) in [7, 11) is 0. The van der Waals surface area contributed by atoms with Crippen LogP contribution in [0.1, 0.15) is 20.1 Å². The number of benzene rings is 1. The quantitative estimate of drug-likeness (QED) is 0.656. The predicted octanol–water partition coefficient (Wildman–Crippen LogP) is 5.33. The molecule has 1 unspecified atom stereocenters. The third kappa shape index (κ3) is 2.47. The summed E-state index contributed by atoms with van der Waals surface area (Å²) in [5.41, 5.74) is 0.878. The maximum Gasteiger partial charge on any atom is 0.142 e. The minimum atomic E-state index is -0.378. The lowest BCUT2D eigenvalue weighted by Gasteiger charge is -2.08. The van der Waals surface area contributed by atoms with E-state index >= 15 is 0 Å². The second kappa shape index (κ2) is 4.86. The minimum absolute atomic E-state index is 0.0259. The van der Waals surface area contributed by atoms with Crippen molar-refractivity contribution in [3.05, 3.63) is 56.5 Å². The highest BCUT2D eigenvalue weighted by molar-refractivity contribution is 9.09. The molecule has 0 saturated carbocycles. The number of alkyl halides is 1. The van der Waals surface area contributed by atoms with Gasteiger partial charge in [-0.25, -0.2) is 4.39 Å². The van der Waals surface area contributed by atoms with Crippen molar-refractivity contribution in [3.8, 4) is 0 Å². The van der Waals surface area contributed by atoms with Crippen LogP contribution < -0.4 is 0 Å². The zero-order valence-corrected chi connectivity index (χ0v) is 11.7. The third-order valence-corrected chi connectivity index (χ3v) is 4.94. The molecule has 16 heavy (non-hydrogen) atoms. The maximum atomic E-state index is 13.3. The van der Waals surface area contributed by atoms with Crippen LogP contribution in [0.5, 0.6) is 0 Å². The van der Waals surface area contributed by atoms with Crippen LogP contribution in [0.25, 0.3) is 0 Å². The van der Waals surface area contributed by atoms with Gasteiger partial charge in [0.05, 0.1) is 9.85 Å². The molecule has 1 aromatic heterocycles. The topological polar surface area (TPSA) is 0 Å². The van der Waals surface area contributed by atoms with E-state index in [1.54, 1.807) is 17.4 Å². The monoisotopic (exact) mass is 318 g/mol. The molecule has 0 aliphatic heterocycles. The van der Waals surface area contributed by atoms with Crippen LogP contribution in [0.2, 0.25) is 5.02 Å². The fourth-order valence-electron chi connectivity index (χ4n) is 1.42. The molecule has 0 spiro atoms. The van der Waals surface area contributed by atoms with Gasteiger partial charge in [-0.05, 0) is 36.8 Å². The molecule has 0 amide bonds. The summed E-state index contributed by atoms with van der Waals surface area (Å²) in [6.45, 7) is 2.05. The standard InChI is InChI=1S/C12H9BrClFS/c1-7-2-5-11(16-7)12(13)8-3-4-9(14)10(15)6-8/h2-6,12H,1H3. The smallest absolute Gasteiger partial charge is 0.142 e. The van der Waals surface area contributed by atoms with Crippen molar-refractivity contribution in [1.82, 2.24) is 0 Å². The average molecular weight is 320 g/mol. The summed E-state index contributed by atoms with van der Waals surface area (Å²) in [4.78, 5) is 2.44. The van der Waals surface area contributed by atoms with E-state index in [9.17, 15) is 4.39 Å². The maximum absolute atomic E-state index is 13.3. The molecule has 1 heterocycles. The Labute approximate surface area is 111 Å². The van der Waals surface area contributed by atoms with Crippen LogP contribution in [0.15, 0.2) is 30.3 Å². The molecule has 0 aliphatic carbocycles. The van der Waals surface area contributed by atoms with Gasteiger partial charge >= 0.3 is 0 Å². The molecule has 1 aromatic carbocycles. The second-order valence-electron chi connectivity index (χ2n) is 3.48. The van der Waals surface area contributed by atoms with Crippen LogP contribution in [0.4, 0.5) is 4.39 Å². The van der Waals surface area contributed by atoms with E-state index in [0.717, 1.165) is 5.56 Å². The Morgan fingerprint density at radius 1 is 1.31 bits per heavy atom. The fourth-order valence-corrected chi connectivity index (χ4v) is 3.14. The Hall–Kier alpha value is -0.380. The molecule has 0 saturated heterocycles. The van der Waals surface area contributed by atoms with Gasteiger partial charge in [-0.3, -0.25) is 0 Å². The first-order valence-electron chi connectivity index (χ1n) is 4.73. The number of thiophene rings is 1. The molecule has 0 radical (unpaired) electrons. The highest BCUT2D eigenvalue weighted by Crippen LogP contribution is 2.36. The van der Waals surface area contributed by atoms with E-state index in [1.165, 1.54) is 15.8 Å². The SMILES string of the molecule is Cc1ccc(C(Br)c2ccc(Cl)c(F)c2)s1. The van der Waals surface area contributed by atoms with Crippen molar-refractivity contribution in [2.24, 2.45) is 0 Å². The van der Waals surface area contributed by atoms with E-state index in [-0.39, 0.29) is 15.7 Å². The number of hydrogen-bond acceptors (Lipinski definition) is 1. The zero-order chi connectivity index (χ0) is 11.7. The van der Waals surface area contributed by atoms with E-state index < -0.39 is 0 Å². The van der Waals surface area contributed by atoms with Crippen LogP contribution in [-0.4, -0.2) is 0 Å². The van der Waals surface area contributed by atoms with Gasteiger partial charge in [0.2, 0.25) is 0 Å². The highest BCUT2D eigenvalue weighted by Gasteiger charge is 2.13. The Balaban J connectivity index is 2.33. The van der Waals surface area contributed by atoms with Gasteiger partial charge in [0.1, 0.15) is 5.82 Å². The van der Waals surface area contributed by atoms with Gasteiger partial charge in [-0.1, -0.05) is 33.6 Å². The van der Waals surface area contributed by atoms with Crippen molar-refractivity contribution < 1.29 is 4.39 Å². The van der Waals surface area contributed by atoms with E-state index in [0.29, 0.717) is 0 Å². The highest BCUT2D eigenvalue weighted by atomic mass is 79.9. The number of rotatable bonds is 2. The normalized spacial score (nSPS) is 12.8. The second-order valence-corrected chi connectivity index (χ2v) is 6.13. The Bertz CT molecular complexity index is 509. The molecule has 1 atom stereocenters. The number of aryl methyl sites for hydroxylation is 1. The lowest BCUT2D eigenvalue weighted by Crippen LogP contribution is -1.90. The summed E-state index contributed by atoms with van der Waals surface area (Å²) < 4.78 is 13.3. The molecular weight excluding hydrogens is 311 g/mol. The van der Waals surface area contributed by atoms with Gasteiger partial charge in [-0.15, -0.1) is 11.3 Å². The van der Waals surface area contributed by atoms with Gasteiger partial charge in [0, 0.05) is 9.75 Å². The van der Waals surface area contributed by atoms with Crippen molar-refractivity contribution in [3.63, 3.8) is 0 Å². The first-order valence-corrected chi connectivity index (χ1v) is 6.84. The molecule has 0 fully saturated rings. The molecule has 0 N–H and O–H groups in total. The summed E-state index contributed by atoms with van der Waals surface area (Å²) >= 11 is 10.9. The van der Waals surface area contributed by atoms with Gasteiger partial charge in [0.25, 0.3) is 0 Å². The largest absolute Gasteiger partial charge is 0.205 e. The summed E-state index contributed by atoms with van der Waals surface area (Å²) in [5, 5.41) is 0.158. The van der Waals surface area contributed by atoms with Gasteiger partial charge in [-0.2, -0.15) is 0 Å². The molecule has 0 bridgehead atoms. The Morgan fingerprint density at radius 3 is 2.62 bits per heavy atom. The van der Waals surface area contributed by atoms with E-state index in [2.05, 4.69) is 28.9 Å². The first kappa shape index (κ1) is 12.1. The van der Waals surface area contributed by atoms with Gasteiger partial charge in [0.15, 0.2) is 0 Å². The summed E-state index contributed by atoms with van der Waals surface area (Å²) in [5.74, 6) is -0.378. The lowest BCUT2D eigenvalue weighted by molar-refractivity contribution is 0.626. The molecule has 2 aromatic rings. The number of halogens is 3. The predicted molar refractivity (Wildman–Crippen MR) is 71.2 cm³/mol. The zero-order valence-electron chi connectivity index (χ0n) is 8.51. The van der Waals surface area contributed by atoms with Crippen LogP contribution in [-0.2, 0) is 0 Å². The Morgan fingerprint density at radius 2 is 2.06 bits per heavy atom. The van der Waals surface area contributed by atoms with Gasteiger partial charge < -0.3 is 0 Å². The van der Waals surface area contributed by atoms with Crippen molar-refractivity contribution in [2.45, 2.75) is 11.8 Å². The average Bonchev–Trinajstić information content (AvgIpc) is 2.68. The molecular formula is C12H9BrClFS. The summed E-state index contributed by atoms with van der Waals surface area (Å²) in [6, 6.07) is 8.99. The molecule has 0 nitrogen and oxygen atoms in total. The molecule has 0 aliphatic rings. The summed E-state index contributed by atoms with van der Waals surface area (Å²) in [6.07, 6.45) is 0. The van der Waals surface area contributed by atoms with Crippen LogP contribution in [0, 0.1) is 12.7 Å². The van der Waals surface area contributed by atoms with Crippen LogP contribution >= 0.6 is 38.9 Å². The number of hydrogen-bond donors (Lipinski definition) is 0. The molecule has 4 heteroatoms. The van der Waals surface area contributed by atoms with Crippen molar-refractivity contribution in [2.75, 3.05) is 0 Å². The Kier molecular flexibility index (Phi) is 3.67. The van der Waals surface area contributed by atoms with Crippen molar-refractivity contribution in [1.29, 1.82) is 0 Å². The minimum Gasteiger partial charge on any atom is -0.205 e. The lowest BCUT2D eigenvalue weighted by atomic mass is 10.1. The van der Waals surface area contributed by atoms with Crippen LogP contribution in [0.3, 0.4) is 0 Å². The van der Waals surface area contributed by atoms with E-state index in [1.807, 2.05) is 12.1 Å². The first-order chi connectivity index (χ1) is 7.58. The van der Waals surface area contributed by atoms with Crippen molar-refractivity contribution >= 4 is 38.9 Å².